The van der Waals surface area contributed by atoms with Gasteiger partial charge in [-0.2, -0.15) is 0 Å². The van der Waals surface area contributed by atoms with Crippen molar-refractivity contribution in [3.05, 3.63) is 36.4 Å². The molecular weight excluding hydrogens is 316 g/mol. The monoisotopic (exact) mass is 340 g/mol. The van der Waals surface area contributed by atoms with E-state index >= 15 is 0 Å². The van der Waals surface area contributed by atoms with E-state index in [0.29, 0.717) is 6.61 Å². The van der Waals surface area contributed by atoms with E-state index in [-0.39, 0.29) is 18.1 Å². The molecule has 2 fully saturated rings. The Morgan fingerprint density at radius 3 is 2.76 bits per heavy atom. The number of nitrogens with zero attached hydrogens (tertiary/aromatic N) is 3. The number of hydrogen-bond donors (Lipinski definition) is 1. The van der Waals surface area contributed by atoms with Crippen LogP contribution in [-0.4, -0.2) is 67.3 Å². The van der Waals surface area contributed by atoms with E-state index in [0.717, 1.165) is 49.4 Å². The normalized spacial score (nSPS) is 24.5. The second-order valence-corrected chi connectivity index (χ2v) is 6.68. The van der Waals surface area contributed by atoms with E-state index < -0.39 is 0 Å². The van der Waals surface area contributed by atoms with Gasteiger partial charge in [0.1, 0.15) is 11.9 Å². The van der Waals surface area contributed by atoms with Crippen LogP contribution in [0.4, 0.5) is 5.82 Å². The summed E-state index contributed by atoms with van der Waals surface area (Å²) in [6, 6.07) is 12.1. The van der Waals surface area contributed by atoms with Gasteiger partial charge in [0, 0.05) is 38.1 Å². The van der Waals surface area contributed by atoms with Gasteiger partial charge < -0.3 is 19.9 Å². The predicted octanol–water partition coefficient (Wildman–Crippen LogP) is 1.26. The maximum atomic E-state index is 12.7. The number of para-hydroxylation sites is 1. The van der Waals surface area contributed by atoms with Crippen molar-refractivity contribution in [1.82, 2.24) is 15.2 Å². The molecule has 132 valence electrons. The molecule has 2 atom stereocenters. The van der Waals surface area contributed by atoms with Crippen LogP contribution in [0.2, 0.25) is 0 Å². The predicted molar refractivity (Wildman–Crippen MR) is 97.7 cm³/mol. The fourth-order valence-corrected chi connectivity index (χ4v) is 3.59. The van der Waals surface area contributed by atoms with Gasteiger partial charge in [0.2, 0.25) is 5.91 Å². The first-order valence-corrected chi connectivity index (χ1v) is 8.97. The zero-order chi connectivity index (χ0) is 17.2. The Balaban J connectivity index is 1.41. The number of morpholine rings is 1. The second-order valence-electron chi connectivity index (χ2n) is 6.68. The van der Waals surface area contributed by atoms with Gasteiger partial charge in [-0.15, -0.1) is 0 Å². The second kappa shape index (κ2) is 6.98. The summed E-state index contributed by atoms with van der Waals surface area (Å²) in [5, 5.41) is 4.44. The molecule has 2 saturated heterocycles. The summed E-state index contributed by atoms with van der Waals surface area (Å²) in [7, 11) is 0. The van der Waals surface area contributed by atoms with Crippen LogP contribution in [0.25, 0.3) is 10.9 Å². The third-order valence-electron chi connectivity index (χ3n) is 5.08. The van der Waals surface area contributed by atoms with Gasteiger partial charge in [-0.05, 0) is 25.1 Å². The van der Waals surface area contributed by atoms with Crippen molar-refractivity contribution < 1.29 is 9.53 Å². The first-order valence-electron chi connectivity index (χ1n) is 8.97. The molecule has 0 bridgehead atoms. The number of piperazine rings is 1. The van der Waals surface area contributed by atoms with Gasteiger partial charge in [-0.3, -0.25) is 4.79 Å². The third-order valence-corrected chi connectivity index (χ3v) is 5.08. The number of rotatable bonds is 2. The molecule has 0 unspecified atom stereocenters. The summed E-state index contributed by atoms with van der Waals surface area (Å²) in [6.07, 6.45) is -0.0681. The average molecular weight is 340 g/mol. The molecule has 0 aliphatic carbocycles. The highest BCUT2D eigenvalue weighted by atomic mass is 16.5. The molecular formula is C19H24N4O2. The fourth-order valence-electron chi connectivity index (χ4n) is 3.59. The van der Waals surface area contributed by atoms with Crippen LogP contribution in [0.5, 0.6) is 0 Å². The minimum absolute atomic E-state index is 0.0681. The molecule has 3 heterocycles. The van der Waals surface area contributed by atoms with E-state index in [1.54, 1.807) is 0 Å². The van der Waals surface area contributed by atoms with E-state index in [1.165, 1.54) is 0 Å². The maximum absolute atomic E-state index is 12.7. The molecule has 25 heavy (non-hydrogen) atoms. The van der Waals surface area contributed by atoms with Crippen LogP contribution in [0.15, 0.2) is 36.4 Å². The zero-order valence-electron chi connectivity index (χ0n) is 14.5. The number of hydrogen-bond acceptors (Lipinski definition) is 5. The average Bonchev–Trinajstić information content (AvgIpc) is 2.67. The largest absolute Gasteiger partial charge is 0.375 e. The van der Waals surface area contributed by atoms with Gasteiger partial charge in [-0.1, -0.05) is 18.2 Å². The standard InChI is InChI=1S/C19H24N4O2/c1-14-18(20-8-13-25-14)19(24)23-11-9-22(10-12-23)17-7-6-15-4-2-3-5-16(15)21-17/h2-7,14,18,20H,8-13H2,1H3/t14-,18+/m1/s1. The number of fused-ring (bicyclic) bond motifs is 1. The topological polar surface area (TPSA) is 57.7 Å². The molecule has 1 aromatic carbocycles. The number of anilines is 1. The van der Waals surface area contributed by atoms with E-state index in [9.17, 15) is 4.79 Å². The molecule has 2 aliphatic heterocycles. The minimum Gasteiger partial charge on any atom is -0.375 e. The summed E-state index contributed by atoms with van der Waals surface area (Å²) >= 11 is 0. The zero-order valence-corrected chi connectivity index (χ0v) is 14.5. The molecule has 6 nitrogen and oxygen atoms in total. The Hall–Kier alpha value is -2.18. The minimum atomic E-state index is -0.223. The lowest BCUT2D eigenvalue weighted by Gasteiger charge is -2.39. The van der Waals surface area contributed by atoms with Crippen LogP contribution in [0.1, 0.15) is 6.92 Å². The van der Waals surface area contributed by atoms with Gasteiger partial charge >= 0.3 is 0 Å². The lowest BCUT2D eigenvalue weighted by molar-refractivity contribution is -0.139. The molecule has 4 rings (SSSR count). The summed E-state index contributed by atoms with van der Waals surface area (Å²) in [4.78, 5) is 21.7. The van der Waals surface area contributed by atoms with Crippen molar-refractivity contribution in [3.63, 3.8) is 0 Å². The van der Waals surface area contributed by atoms with E-state index in [1.807, 2.05) is 30.0 Å². The van der Waals surface area contributed by atoms with Crippen molar-refractivity contribution >= 4 is 22.6 Å². The van der Waals surface area contributed by atoms with Gasteiger partial charge in [0.15, 0.2) is 0 Å². The highest BCUT2D eigenvalue weighted by Crippen LogP contribution is 2.19. The Labute approximate surface area is 147 Å². The molecule has 6 heteroatoms. The van der Waals surface area contributed by atoms with Crippen molar-refractivity contribution in [2.45, 2.75) is 19.1 Å². The van der Waals surface area contributed by atoms with Crippen LogP contribution in [-0.2, 0) is 9.53 Å². The fraction of sp³-hybridized carbons (Fsp3) is 0.474. The van der Waals surface area contributed by atoms with E-state index in [4.69, 9.17) is 9.72 Å². The molecule has 0 saturated carbocycles. The number of carbonyl (C=O) groups excluding carboxylic acids is 1. The van der Waals surface area contributed by atoms with Gasteiger partial charge in [-0.25, -0.2) is 4.98 Å². The maximum Gasteiger partial charge on any atom is 0.242 e. The van der Waals surface area contributed by atoms with Gasteiger partial charge in [0.05, 0.1) is 18.2 Å². The Kier molecular flexibility index (Phi) is 4.55. The van der Waals surface area contributed by atoms with Crippen LogP contribution in [0, 0.1) is 0 Å². The number of aromatic nitrogens is 1. The van der Waals surface area contributed by atoms with E-state index in [2.05, 4.69) is 28.4 Å². The Morgan fingerprint density at radius 2 is 1.96 bits per heavy atom. The molecule has 2 aromatic rings. The Morgan fingerprint density at radius 1 is 1.16 bits per heavy atom. The summed E-state index contributed by atoms with van der Waals surface area (Å²) < 4.78 is 5.60. The third kappa shape index (κ3) is 3.32. The molecule has 0 spiro atoms. The number of benzene rings is 1. The number of carbonyl (C=O) groups is 1. The highest BCUT2D eigenvalue weighted by molar-refractivity contribution is 5.83. The Bertz CT molecular complexity index is 758. The van der Waals surface area contributed by atoms with Crippen LogP contribution >= 0.6 is 0 Å². The number of amides is 1. The molecule has 1 N–H and O–H groups in total. The first kappa shape index (κ1) is 16.3. The summed E-state index contributed by atoms with van der Waals surface area (Å²) in [6.45, 7) is 6.42. The summed E-state index contributed by atoms with van der Waals surface area (Å²) in [5.41, 5.74) is 1.01. The smallest absolute Gasteiger partial charge is 0.242 e. The molecule has 0 radical (unpaired) electrons. The van der Waals surface area contributed by atoms with Crippen LogP contribution in [0.3, 0.4) is 0 Å². The summed E-state index contributed by atoms with van der Waals surface area (Å²) in [5.74, 6) is 1.14. The quantitative estimate of drug-likeness (QED) is 0.892. The van der Waals surface area contributed by atoms with Crippen molar-refractivity contribution in [2.75, 3.05) is 44.2 Å². The van der Waals surface area contributed by atoms with Crippen molar-refractivity contribution in [3.8, 4) is 0 Å². The molecule has 2 aliphatic rings. The lowest BCUT2D eigenvalue weighted by atomic mass is 10.1. The molecule has 1 aromatic heterocycles. The van der Waals surface area contributed by atoms with Crippen LogP contribution < -0.4 is 10.2 Å². The number of nitrogens with one attached hydrogen (secondary N) is 1. The van der Waals surface area contributed by atoms with Gasteiger partial charge in [0.25, 0.3) is 0 Å². The lowest BCUT2D eigenvalue weighted by Crippen LogP contribution is -2.59. The number of pyridine rings is 1. The highest BCUT2D eigenvalue weighted by Gasteiger charge is 2.33. The van der Waals surface area contributed by atoms with Crippen molar-refractivity contribution in [2.24, 2.45) is 0 Å². The SMILES string of the molecule is C[C@H]1OCCN[C@@H]1C(=O)N1CCN(c2ccc3ccccc3n2)CC1. The van der Waals surface area contributed by atoms with Crippen molar-refractivity contribution in [1.29, 1.82) is 0 Å². The first-order chi connectivity index (χ1) is 12.2. The molecule has 1 amide bonds. The number of ether oxygens (including phenoxy) is 1.